The Bertz CT molecular complexity index is 337. The molecule has 0 spiro atoms. The van der Waals surface area contributed by atoms with Crippen molar-refractivity contribution in [1.29, 1.82) is 0 Å². The summed E-state index contributed by atoms with van der Waals surface area (Å²) in [5.74, 6) is 0. The molecule has 1 aliphatic heterocycles. The van der Waals surface area contributed by atoms with Crippen molar-refractivity contribution < 1.29 is 4.74 Å². The number of benzene rings is 1. The van der Waals surface area contributed by atoms with Crippen LogP contribution in [0.15, 0.2) is 18.2 Å². The number of halogens is 2. The molecule has 1 aliphatic rings. The van der Waals surface area contributed by atoms with Crippen LogP contribution in [0.2, 0.25) is 10.0 Å². The molecule has 0 aromatic heterocycles. The molecule has 4 heteroatoms. The maximum absolute atomic E-state index is 5.91. The molecule has 0 unspecified atom stereocenters. The van der Waals surface area contributed by atoms with Gasteiger partial charge in [0.15, 0.2) is 0 Å². The van der Waals surface area contributed by atoms with Gasteiger partial charge in [-0.3, -0.25) is 0 Å². The Morgan fingerprint density at radius 1 is 1.33 bits per heavy atom. The summed E-state index contributed by atoms with van der Waals surface area (Å²) in [7, 11) is 0. The maximum atomic E-state index is 5.91. The second kappa shape index (κ2) is 5.17. The Balaban J connectivity index is 1.90. The normalized spacial score (nSPS) is 20.8. The first kappa shape index (κ1) is 11.2. The SMILES string of the molecule is Clc1ccc(CO[C@@H]2CCNC2)cc1Cl. The first-order chi connectivity index (χ1) is 7.25. The molecule has 2 nitrogen and oxygen atoms in total. The highest BCUT2D eigenvalue weighted by Crippen LogP contribution is 2.23. The van der Waals surface area contributed by atoms with Crippen molar-refractivity contribution in [3.63, 3.8) is 0 Å². The predicted octanol–water partition coefficient (Wildman–Crippen LogP) is 2.87. The zero-order valence-electron chi connectivity index (χ0n) is 8.30. The lowest BCUT2D eigenvalue weighted by Gasteiger charge is -2.10. The van der Waals surface area contributed by atoms with Crippen LogP contribution in [0, 0.1) is 0 Å². The summed E-state index contributed by atoms with van der Waals surface area (Å²) in [6, 6.07) is 5.60. The molecule has 0 saturated carbocycles. The second-order valence-corrected chi connectivity index (χ2v) is 4.49. The van der Waals surface area contributed by atoms with Gasteiger partial charge in [0.2, 0.25) is 0 Å². The summed E-state index contributed by atoms with van der Waals surface area (Å²) in [5, 5.41) is 4.43. The molecule has 1 aromatic carbocycles. The quantitative estimate of drug-likeness (QED) is 0.885. The van der Waals surface area contributed by atoms with Crippen LogP contribution in [0.5, 0.6) is 0 Å². The first-order valence-corrected chi connectivity index (χ1v) is 5.77. The van der Waals surface area contributed by atoms with Crippen molar-refractivity contribution in [2.24, 2.45) is 0 Å². The first-order valence-electron chi connectivity index (χ1n) is 5.02. The van der Waals surface area contributed by atoms with Crippen LogP contribution in [-0.4, -0.2) is 19.2 Å². The molecule has 1 fully saturated rings. The van der Waals surface area contributed by atoms with E-state index in [-0.39, 0.29) is 0 Å². The standard InChI is InChI=1S/C11H13Cl2NO/c12-10-2-1-8(5-11(10)13)7-15-9-3-4-14-6-9/h1-2,5,9,14H,3-4,6-7H2/t9-/m1/s1. The highest BCUT2D eigenvalue weighted by Gasteiger charge is 2.14. The third-order valence-electron chi connectivity index (χ3n) is 2.48. The third kappa shape index (κ3) is 3.08. The van der Waals surface area contributed by atoms with Gasteiger partial charge >= 0.3 is 0 Å². The van der Waals surface area contributed by atoms with Crippen LogP contribution in [0.1, 0.15) is 12.0 Å². The summed E-state index contributed by atoms with van der Waals surface area (Å²) in [6.07, 6.45) is 1.42. The third-order valence-corrected chi connectivity index (χ3v) is 3.22. The minimum absolute atomic E-state index is 0.333. The van der Waals surface area contributed by atoms with Crippen LogP contribution < -0.4 is 5.32 Å². The van der Waals surface area contributed by atoms with Crippen LogP contribution in [-0.2, 0) is 11.3 Å². The highest BCUT2D eigenvalue weighted by atomic mass is 35.5. The zero-order valence-corrected chi connectivity index (χ0v) is 9.81. The van der Waals surface area contributed by atoms with Crippen molar-refractivity contribution in [3.05, 3.63) is 33.8 Å². The van der Waals surface area contributed by atoms with Crippen LogP contribution in [0.25, 0.3) is 0 Å². The summed E-state index contributed by atoms with van der Waals surface area (Å²) in [5.41, 5.74) is 1.07. The van der Waals surface area contributed by atoms with E-state index in [9.17, 15) is 0 Å². The monoisotopic (exact) mass is 245 g/mol. The Morgan fingerprint density at radius 3 is 2.87 bits per heavy atom. The second-order valence-electron chi connectivity index (χ2n) is 3.67. The van der Waals surface area contributed by atoms with Gasteiger partial charge in [0, 0.05) is 6.54 Å². The van der Waals surface area contributed by atoms with Gasteiger partial charge in [-0.05, 0) is 30.7 Å². The topological polar surface area (TPSA) is 21.3 Å². The Hall–Kier alpha value is -0.280. The highest BCUT2D eigenvalue weighted by molar-refractivity contribution is 6.41. The predicted molar refractivity (Wildman–Crippen MR) is 62.5 cm³/mol. The molecular weight excluding hydrogens is 233 g/mol. The van der Waals surface area contributed by atoms with Gasteiger partial charge in [-0.1, -0.05) is 29.3 Å². The number of hydrogen-bond acceptors (Lipinski definition) is 2. The zero-order chi connectivity index (χ0) is 10.7. The summed E-state index contributed by atoms with van der Waals surface area (Å²) in [6.45, 7) is 2.59. The smallest absolute Gasteiger partial charge is 0.0721 e. The van der Waals surface area contributed by atoms with Crippen LogP contribution in [0.3, 0.4) is 0 Å². The average Bonchev–Trinajstić information content (AvgIpc) is 2.73. The molecule has 1 N–H and O–H groups in total. The van der Waals surface area contributed by atoms with E-state index in [2.05, 4.69) is 5.32 Å². The summed E-state index contributed by atoms with van der Waals surface area (Å²) >= 11 is 11.7. The maximum Gasteiger partial charge on any atom is 0.0721 e. The van der Waals surface area contributed by atoms with Gasteiger partial charge in [-0.2, -0.15) is 0 Å². The van der Waals surface area contributed by atoms with Gasteiger partial charge in [0.05, 0.1) is 22.8 Å². The number of hydrogen-bond donors (Lipinski definition) is 1. The molecule has 0 aliphatic carbocycles. The fourth-order valence-corrected chi connectivity index (χ4v) is 1.93. The molecule has 0 bridgehead atoms. The molecule has 1 aromatic rings. The molecule has 15 heavy (non-hydrogen) atoms. The molecule has 0 radical (unpaired) electrons. The Kier molecular flexibility index (Phi) is 3.87. The number of rotatable bonds is 3. The molecule has 82 valence electrons. The molecule has 1 saturated heterocycles. The van der Waals surface area contributed by atoms with E-state index >= 15 is 0 Å². The molecule has 1 atom stereocenters. The van der Waals surface area contributed by atoms with E-state index < -0.39 is 0 Å². The van der Waals surface area contributed by atoms with Gasteiger partial charge < -0.3 is 10.1 Å². The lowest BCUT2D eigenvalue weighted by molar-refractivity contribution is 0.0542. The van der Waals surface area contributed by atoms with E-state index in [0.29, 0.717) is 22.8 Å². The number of nitrogens with one attached hydrogen (secondary N) is 1. The van der Waals surface area contributed by atoms with Gasteiger partial charge in [0.1, 0.15) is 0 Å². The lowest BCUT2D eigenvalue weighted by atomic mass is 10.2. The summed E-state index contributed by atoms with van der Waals surface area (Å²) < 4.78 is 5.72. The van der Waals surface area contributed by atoms with Crippen molar-refractivity contribution in [2.75, 3.05) is 13.1 Å². The number of ether oxygens (including phenoxy) is 1. The average molecular weight is 246 g/mol. The minimum Gasteiger partial charge on any atom is -0.372 e. The van der Waals surface area contributed by atoms with E-state index in [0.717, 1.165) is 25.1 Å². The van der Waals surface area contributed by atoms with Crippen LogP contribution >= 0.6 is 23.2 Å². The van der Waals surface area contributed by atoms with Crippen LogP contribution in [0.4, 0.5) is 0 Å². The molecule has 1 heterocycles. The van der Waals surface area contributed by atoms with Crippen molar-refractivity contribution in [1.82, 2.24) is 5.32 Å². The van der Waals surface area contributed by atoms with Gasteiger partial charge in [-0.15, -0.1) is 0 Å². The Morgan fingerprint density at radius 2 is 2.20 bits per heavy atom. The molecule has 0 amide bonds. The van der Waals surface area contributed by atoms with Crippen molar-refractivity contribution >= 4 is 23.2 Å². The van der Waals surface area contributed by atoms with E-state index in [1.165, 1.54) is 0 Å². The largest absolute Gasteiger partial charge is 0.372 e. The molecular formula is C11H13Cl2NO. The molecule has 2 rings (SSSR count). The minimum atomic E-state index is 0.333. The van der Waals surface area contributed by atoms with E-state index in [1.54, 1.807) is 6.07 Å². The van der Waals surface area contributed by atoms with Crippen molar-refractivity contribution in [3.8, 4) is 0 Å². The summed E-state index contributed by atoms with van der Waals surface area (Å²) in [4.78, 5) is 0. The van der Waals surface area contributed by atoms with E-state index in [1.807, 2.05) is 12.1 Å². The lowest BCUT2D eigenvalue weighted by Crippen LogP contribution is -2.16. The van der Waals surface area contributed by atoms with Crippen molar-refractivity contribution in [2.45, 2.75) is 19.1 Å². The fraction of sp³-hybridized carbons (Fsp3) is 0.455. The van der Waals surface area contributed by atoms with Gasteiger partial charge in [0.25, 0.3) is 0 Å². The fourth-order valence-electron chi connectivity index (χ4n) is 1.61. The Labute approximate surface area is 99.5 Å². The van der Waals surface area contributed by atoms with Gasteiger partial charge in [-0.25, -0.2) is 0 Å². The van der Waals surface area contributed by atoms with E-state index in [4.69, 9.17) is 27.9 Å².